The Hall–Kier alpha value is -0.0400. The molecule has 0 heterocycles. The highest BCUT2D eigenvalue weighted by molar-refractivity contribution is 4.79. The zero-order chi connectivity index (χ0) is 12.7. The highest BCUT2D eigenvalue weighted by Gasteiger charge is 2.26. The summed E-state index contributed by atoms with van der Waals surface area (Å²) in [6, 6.07) is 0.717. The third-order valence-electron chi connectivity index (χ3n) is 4.43. The first-order chi connectivity index (χ1) is 7.45. The minimum Gasteiger partial charge on any atom is -0.304 e. The van der Waals surface area contributed by atoms with E-state index in [4.69, 9.17) is 0 Å². The second kappa shape index (κ2) is 8.11. The number of hydrogen-bond donors (Lipinski definition) is 0. The van der Waals surface area contributed by atoms with Crippen LogP contribution in [-0.4, -0.2) is 24.5 Å². The molecule has 0 saturated heterocycles. The van der Waals surface area contributed by atoms with Crippen molar-refractivity contribution in [1.29, 1.82) is 0 Å². The average molecular weight is 227 g/mol. The molecular weight excluding hydrogens is 194 g/mol. The first-order valence-electron chi connectivity index (χ1n) is 7.15. The Morgan fingerprint density at radius 1 is 1.00 bits per heavy atom. The second-order valence-corrected chi connectivity index (χ2v) is 5.72. The minimum absolute atomic E-state index is 0.717. The molecule has 0 N–H and O–H groups in total. The molecule has 1 heteroatoms. The summed E-state index contributed by atoms with van der Waals surface area (Å²) in [5.74, 6) is 2.48. The molecule has 0 aromatic heterocycles. The predicted octanol–water partition coefficient (Wildman–Crippen LogP) is 4.43. The SMILES string of the molecule is CCCCC(C(C)C(C)C)C(C)N(C)CC. The Morgan fingerprint density at radius 3 is 1.94 bits per heavy atom. The molecule has 3 unspecified atom stereocenters. The summed E-state index contributed by atoms with van der Waals surface area (Å²) in [6.45, 7) is 15.3. The monoisotopic (exact) mass is 227 g/mol. The van der Waals surface area contributed by atoms with Gasteiger partial charge in [-0.2, -0.15) is 0 Å². The topological polar surface area (TPSA) is 3.24 Å². The van der Waals surface area contributed by atoms with Crippen molar-refractivity contribution in [3.63, 3.8) is 0 Å². The number of nitrogens with zero attached hydrogens (tertiary/aromatic N) is 1. The maximum Gasteiger partial charge on any atom is 0.00946 e. The Kier molecular flexibility index (Phi) is 8.09. The molecule has 0 fully saturated rings. The highest BCUT2D eigenvalue weighted by Crippen LogP contribution is 2.30. The van der Waals surface area contributed by atoms with Crippen LogP contribution in [-0.2, 0) is 0 Å². The summed E-state index contributed by atoms with van der Waals surface area (Å²) < 4.78 is 0. The molecule has 0 bridgehead atoms. The zero-order valence-corrected chi connectivity index (χ0v) is 12.6. The van der Waals surface area contributed by atoms with Gasteiger partial charge in [0.05, 0.1) is 0 Å². The molecule has 0 aliphatic rings. The van der Waals surface area contributed by atoms with Crippen LogP contribution in [0, 0.1) is 17.8 Å². The third kappa shape index (κ3) is 4.86. The molecule has 0 radical (unpaired) electrons. The third-order valence-corrected chi connectivity index (χ3v) is 4.43. The fourth-order valence-corrected chi connectivity index (χ4v) is 2.49. The van der Waals surface area contributed by atoms with E-state index in [1.807, 2.05) is 0 Å². The molecule has 0 spiro atoms. The van der Waals surface area contributed by atoms with Crippen LogP contribution in [0.3, 0.4) is 0 Å². The van der Waals surface area contributed by atoms with E-state index in [1.54, 1.807) is 0 Å². The van der Waals surface area contributed by atoms with Crippen molar-refractivity contribution in [1.82, 2.24) is 4.90 Å². The summed E-state index contributed by atoms with van der Waals surface area (Å²) in [4.78, 5) is 2.50. The lowest BCUT2D eigenvalue weighted by Gasteiger charge is -2.37. The van der Waals surface area contributed by atoms with E-state index in [-0.39, 0.29) is 0 Å². The summed E-state index contributed by atoms with van der Waals surface area (Å²) in [5.41, 5.74) is 0. The highest BCUT2D eigenvalue weighted by atomic mass is 15.1. The maximum absolute atomic E-state index is 2.50. The van der Waals surface area contributed by atoms with Crippen molar-refractivity contribution >= 4 is 0 Å². The molecule has 0 aromatic carbocycles. The van der Waals surface area contributed by atoms with Crippen LogP contribution in [0.1, 0.15) is 60.8 Å². The summed E-state index contributed by atoms with van der Waals surface area (Å²) in [6.07, 6.45) is 4.09. The van der Waals surface area contributed by atoms with E-state index in [0.29, 0.717) is 6.04 Å². The first kappa shape index (κ1) is 16.0. The van der Waals surface area contributed by atoms with Gasteiger partial charge in [0.2, 0.25) is 0 Å². The molecule has 0 aromatic rings. The van der Waals surface area contributed by atoms with Crippen LogP contribution < -0.4 is 0 Å². The standard InChI is InChI=1S/C15H33N/c1-8-10-11-15(13(5)12(3)4)14(6)16(7)9-2/h12-15H,8-11H2,1-7H3. The lowest BCUT2D eigenvalue weighted by atomic mass is 9.77. The number of rotatable bonds is 8. The molecule has 16 heavy (non-hydrogen) atoms. The molecule has 0 aliphatic heterocycles. The van der Waals surface area contributed by atoms with Gasteiger partial charge >= 0.3 is 0 Å². The zero-order valence-electron chi connectivity index (χ0n) is 12.6. The van der Waals surface area contributed by atoms with Crippen LogP contribution in [0.25, 0.3) is 0 Å². The van der Waals surface area contributed by atoms with E-state index in [1.165, 1.54) is 19.3 Å². The minimum atomic E-state index is 0.717. The smallest absolute Gasteiger partial charge is 0.00946 e. The van der Waals surface area contributed by atoms with Gasteiger partial charge in [0.25, 0.3) is 0 Å². The lowest BCUT2D eigenvalue weighted by molar-refractivity contribution is 0.123. The molecule has 0 amide bonds. The Bertz CT molecular complexity index is 165. The normalized spacial score (nSPS) is 17.8. The lowest BCUT2D eigenvalue weighted by Crippen LogP contribution is -2.39. The Balaban J connectivity index is 4.51. The number of hydrogen-bond acceptors (Lipinski definition) is 1. The van der Waals surface area contributed by atoms with Crippen LogP contribution >= 0.6 is 0 Å². The average Bonchev–Trinajstić information content (AvgIpc) is 2.27. The Morgan fingerprint density at radius 2 is 1.56 bits per heavy atom. The van der Waals surface area contributed by atoms with Crippen LogP contribution in [0.4, 0.5) is 0 Å². The predicted molar refractivity (Wildman–Crippen MR) is 74.8 cm³/mol. The fraction of sp³-hybridized carbons (Fsp3) is 1.00. The van der Waals surface area contributed by atoms with Gasteiger partial charge in [-0.1, -0.05) is 47.5 Å². The fourth-order valence-electron chi connectivity index (χ4n) is 2.49. The van der Waals surface area contributed by atoms with E-state index < -0.39 is 0 Å². The van der Waals surface area contributed by atoms with Crippen LogP contribution in [0.15, 0.2) is 0 Å². The van der Waals surface area contributed by atoms with Crippen molar-refractivity contribution in [2.45, 2.75) is 66.8 Å². The van der Waals surface area contributed by atoms with E-state index >= 15 is 0 Å². The van der Waals surface area contributed by atoms with Gasteiger partial charge in [0.15, 0.2) is 0 Å². The summed E-state index contributed by atoms with van der Waals surface area (Å²) >= 11 is 0. The quantitative estimate of drug-likeness (QED) is 0.593. The van der Waals surface area contributed by atoms with E-state index in [0.717, 1.165) is 24.3 Å². The van der Waals surface area contributed by atoms with Crippen molar-refractivity contribution in [3.8, 4) is 0 Å². The molecule has 0 rings (SSSR count). The van der Waals surface area contributed by atoms with Gasteiger partial charge in [0, 0.05) is 6.04 Å². The van der Waals surface area contributed by atoms with Gasteiger partial charge in [-0.15, -0.1) is 0 Å². The second-order valence-electron chi connectivity index (χ2n) is 5.72. The van der Waals surface area contributed by atoms with Crippen molar-refractivity contribution < 1.29 is 0 Å². The largest absolute Gasteiger partial charge is 0.304 e. The van der Waals surface area contributed by atoms with Crippen LogP contribution in [0.5, 0.6) is 0 Å². The molecule has 1 nitrogen and oxygen atoms in total. The van der Waals surface area contributed by atoms with E-state index in [9.17, 15) is 0 Å². The van der Waals surface area contributed by atoms with Gasteiger partial charge in [-0.3, -0.25) is 0 Å². The summed E-state index contributed by atoms with van der Waals surface area (Å²) in [7, 11) is 2.26. The molecule has 98 valence electrons. The van der Waals surface area contributed by atoms with Gasteiger partial charge < -0.3 is 4.90 Å². The van der Waals surface area contributed by atoms with Crippen molar-refractivity contribution in [2.75, 3.05) is 13.6 Å². The summed E-state index contributed by atoms with van der Waals surface area (Å²) in [5, 5.41) is 0. The number of unbranched alkanes of at least 4 members (excludes halogenated alkanes) is 1. The van der Waals surface area contributed by atoms with Crippen molar-refractivity contribution in [2.24, 2.45) is 17.8 Å². The first-order valence-corrected chi connectivity index (χ1v) is 7.15. The Labute approximate surface area is 104 Å². The van der Waals surface area contributed by atoms with Gasteiger partial charge in [0.1, 0.15) is 0 Å². The maximum atomic E-state index is 2.50. The molecule has 0 saturated carbocycles. The van der Waals surface area contributed by atoms with Crippen LogP contribution in [0.2, 0.25) is 0 Å². The van der Waals surface area contributed by atoms with Gasteiger partial charge in [-0.05, 0) is 44.7 Å². The molecular formula is C15H33N. The van der Waals surface area contributed by atoms with Gasteiger partial charge in [-0.25, -0.2) is 0 Å². The molecule has 0 aliphatic carbocycles. The van der Waals surface area contributed by atoms with Crippen molar-refractivity contribution in [3.05, 3.63) is 0 Å². The van der Waals surface area contributed by atoms with E-state index in [2.05, 4.69) is 53.5 Å². The molecule has 3 atom stereocenters.